The van der Waals surface area contributed by atoms with Gasteiger partial charge in [-0.15, -0.1) is 0 Å². The lowest BCUT2D eigenvalue weighted by Gasteiger charge is -2.36. The first-order valence-electron chi connectivity index (χ1n) is 7.90. The number of hydrogen-bond acceptors (Lipinski definition) is 2. The van der Waals surface area contributed by atoms with E-state index < -0.39 is 0 Å². The van der Waals surface area contributed by atoms with Crippen molar-refractivity contribution in [2.45, 2.75) is 64.5 Å². The van der Waals surface area contributed by atoms with Crippen molar-refractivity contribution in [1.82, 2.24) is 9.88 Å². The fraction of sp³-hybridized carbons (Fsp3) is 0.647. The fourth-order valence-electron chi connectivity index (χ4n) is 3.25. The Morgan fingerprint density at radius 3 is 2.20 bits per heavy atom. The van der Waals surface area contributed by atoms with E-state index in [-0.39, 0.29) is 5.91 Å². The fourth-order valence-corrected chi connectivity index (χ4v) is 3.25. The zero-order valence-electron chi connectivity index (χ0n) is 12.5. The summed E-state index contributed by atoms with van der Waals surface area (Å²) in [6, 6.07) is 4.79. The summed E-state index contributed by atoms with van der Waals surface area (Å²) in [5, 5.41) is 0. The number of amides is 1. The van der Waals surface area contributed by atoms with E-state index in [1.165, 1.54) is 38.5 Å². The number of aromatic nitrogens is 1. The molecule has 3 heteroatoms. The highest BCUT2D eigenvalue weighted by Crippen LogP contribution is 2.36. The average Bonchev–Trinajstić information content (AvgIpc) is 3.26. The number of carbonyl (C=O) groups is 1. The molecule has 0 N–H and O–H groups in total. The number of aryl methyl sites for hydroxylation is 1. The lowest BCUT2D eigenvalue weighted by Crippen LogP contribution is -2.43. The van der Waals surface area contributed by atoms with E-state index in [4.69, 9.17) is 0 Å². The molecule has 3 nitrogen and oxygen atoms in total. The normalized spacial score (nSPS) is 26.3. The molecule has 0 aliphatic heterocycles. The Balaban J connectivity index is 1.76. The lowest BCUT2D eigenvalue weighted by atomic mass is 9.86. The molecule has 108 valence electrons. The molecule has 1 aromatic rings. The molecule has 0 aromatic carbocycles. The van der Waals surface area contributed by atoms with E-state index in [1.54, 1.807) is 6.20 Å². The van der Waals surface area contributed by atoms with Crippen LogP contribution in [-0.2, 0) is 0 Å². The monoisotopic (exact) mass is 272 g/mol. The number of pyridine rings is 1. The molecular weight excluding hydrogens is 248 g/mol. The summed E-state index contributed by atoms with van der Waals surface area (Å²) in [5.74, 6) is 1.02. The molecule has 2 aliphatic carbocycles. The van der Waals surface area contributed by atoms with Crippen LogP contribution in [0.2, 0.25) is 0 Å². The Morgan fingerprint density at radius 1 is 1.10 bits per heavy atom. The SMILES string of the molecule is Cc1ccc(C(=O)N(C2CCC(C)CC2)C2CC2)cn1. The third-order valence-electron chi connectivity index (χ3n) is 4.71. The van der Waals surface area contributed by atoms with Gasteiger partial charge in [-0.2, -0.15) is 0 Å². The predicted octanol–water partition coefficient (Wildman–Crippen LogP) is 3.57. The average molecular weight is 272 g/mol. The van der Waals surface area contributed by atoms with Crippen LogP contribution >= 0.6 is 0 Å². The number of carbonyl (C=O) groups excluding carboxylic acids is 1. The van der Waals surface area contributed by atoms with Crippen molar-refractivity contribution in [3.8, 4) is 0 Å². The molecule has 2 fully saturated rings. The van der Waals surface area contributed by atoms with Gasteiger partial charge in [0.15, 0.2) is 0 Å². The maximum Gasteiger partial charge on any atom is 0.255 e. The molecule has 1 heterocycles. The summed E-state index contributed by atoms with van der Waals surface area (Å²) >= 11 is 0. The third kappa shape index (κ3) is 2.87. The van der Waals surface area contributed by atoms with Gasteiger partial charge in [-0.3, -0.25) is 9.78 Å². The summed E-state index contributed by atoms with van der Waals surface area (Å²) in [5.41, 5.74) is 1.71. The molecule has 1 aromatic heterocycles. The molecule has 2 saturated carbocycles. The zero-order valence-corrected chi connectivity index (χ0v) is 12.5. The van der Waals surface area contributed by atoms with Crippen LogP contribution in [0.15, 0.2) is 18.3 Å². The van der Waals surface area contributed by atoms with Crippen LogP contribution in [0.4, 0.5) is 0 Å². The van der Waals surface area contributed by atoms with Crippen molar-refractivity contribution in [2.24, 2.45) is 5.92 Å². The molecule has 0 radical (unpaired) electrons. The smallest absolute Gasteiger partial charge is 0.255 e. The van der Waals surface area contributed by atoms with Gasteiger partial charge < -0.3 is 4.90 Å². The zero-order chi connectivity index (χ0) is 14.1. The standard InChI is InChI=1S/C17H24N2O/c1-12-3-7-15(8-4-12)19(16-9-10-16)17(20)14-6-5-13(2)18-11-14/h5-6,11-12,15-16H,3-4,7-10H2,1-2H3. The summed E-state index contributed by atoms with van der Waals surface area (Å²) < 4.78 is 0. The molecule has 0 spiro atoms. The maximum atomic E-state index is 12.8. The molecule has 3 rings (SSSR count). The van der Waals surface area contributed by atoms with Gasteiger partial charge in [0.05, 0.1) is 5.56 Å². The molecule has 0 saturated heterocycles. The highest BCUT2D eigenvalue weighted by atomic mass is 16.2. The van der Waals surface area contributed by atoms with E-state index in [1.807, 2.05) is 19.1 Å². The molecular formula is C17H24N2O. The second-order valence-corrected chi connectivity index (χ2v) is 6.55. The van der Waals surface area contributed by atoms with Gasteiger partial charge in [0.25, 0.3) is 5.91 Å². The number of rotatable bonds is 3. The van der Waals surface area contributed by atoms with Crippen LogP contribution in [-0.4, -0.2) is 27.9 Å². The van der Waals surface area contributed by atoms with Crippen molar-refractivity contribution < 1.29 is 4.79 Å². The summed E-state index contributed by atoms with van der Waals surface area (Å²) in [6.07, 6.45) is 8.94. The van der Waals surface area contributed by atoms with Crippen LogP contribution in [0, 0.1) is 12.8 Å². The third-order valence-corrected chi connectivity index (χ3v) is 4.71. The minimum Gasteiger partial charge on any atom is -0.333 e. The predicted molar refractivity (Wildman–Crippen MR) is 79.6 cm³/mol. The molecule has 2 aliphatic rings. The first-order chi connectivity index (χ1) is 9.65. The van der Waals surface area contributed by atoms with Crippen LogP contribution < -0.4 is 0 Å². The van der Waals surface area contributed by atoms with Gasteiger partial charge in [-0.05, 0) is 63.5 Å². The van der Waals surface area contributed by atoms with Crippen LogP contribution in [0.5, 0.6) is 0 Å². The van der Waals surface area contributed by atoms with E-state index in [0.29, 0.717) is 12.1 Å². The number of hydrogen-bond donors (Lipinski definition) is 0. The highest BCUT2D eigenvalue weighted by molar-refractivity contribution is 5.94. The van der Waals surface area contributed by atoms with Crippen molar-refractivity contribution in [1.29, 1.82) is 0 Å². The van der Waals surface area contributed by atoms with Crippen molar-refractivity contribution >= 4 is 5.91 Å². The van der Waals surface area contributed by atoms with Gasteiger partial charge in [-0.25, -0.2) is 0 Å². The Morgan fingerprint density at radius 2 is 1.70 bits per heavy atom. The van der Waals surface area contributed by atoms with Crippen molar-refractivity contribution in [3.05, 3.63) is 29.6 Å². The van der Waals surface area contributed by atoms with E-state index >= 15 is 0 Å². The molecule has 0 unspecified atom stereocenters. The number of nitrogens with zero attached hydrogens (tertiary/aromatic N) is 2. The molecule has 0 bridgehead atoms. The first-order valence-corrected chi connectivity index (χ1v) is 7.90. The van der Waals surface area contributed by atoms with Crippen molar-refractivity contribution in [2.75, 3.05) is 0 Å². The minimum absolute atomic E-state index is 0.194. The van der Waals surface area contributed by atoms with Crippen LogP contribution in [0.3, 0.4) is 0 Å². The van der Waals surface area contributed by atoms with Crippen LogP contribution in [0.1, 0.15) is 61.5 Å². The maximum absolute atomic E-state index is 12.8. The van der Waals surface area contributed by atoms with Gasteiger partial charge in [0, 0.05) is 24.0 Å². The van der Waals surface area contributed by atoms with Gasteiger partial charge in [0.1, 0.15) is 0 Å². The largest absolute Gasteiger partial charge is 0.333 e. The summed E-state index contributed by atoms with van der Waals surface area (Å²) in [7, 11) is 0. The van der Waals surface area contributed by atoms with Gasteiger partial charge in [0.2, 0.25) is 0 Å². The second kappa shape index (κ2) is 5.55. The Kier molecular flexibility index (Phi) is 3.77. The van der Waals surface area contributed by atoms with Gasteiger partial charge in [-0.1, -0.05) is 6.92 Å². The molecule has 20 heavy (non-hydrogen) atoms. The van der Waals surface area contributed by atoms with E-state index in [0.717, 1.165) is 17.2 Å². The van der Waals surface area contributed by atoms with E-state index in [9.17, 15) is 4.79 Å². The summed E-state index contributed by atoms with van der Waals surface area (Å²) in [4.78, 5) is 19.3. The first kappa shape index (κ1) is 13.6. The highest BCUT2D eigenvalue weighted by Gasteiger charge is 2.38. The minimum atomic E-state index is 0.194. The van der Waals surface area contributed by atoms with E-state index in [2.05, 4.69) is 16.8 Å². The second-order valence-electron chi connectivity index (χ2n) is 6.55. The Labute approximate surface area is 121 Å². The molecule has 0 atom stereocenters. The molecule has 1 amide bonds. The Hall–Kier alpha value is -1.38. The Bertz CT molecular complexity index is 470. The lowest BCUT2D eigenvalue weighted by molar-refractivity contribution is 0.0592. The quantitative estimate of drug-likeness (QED) is 0.842. The van der Waals surface area contributed by atoms with Crippen molar-refractivity contribution in [3.63, 3.8) is 0 Å². The van der Waals surface area contributed by atoms with Crippen LogP contribution in [0.25, 0.3) is 0 Å². The van der Waals surface area contributed by atoms with Gasteiger partial charge >= 0.3 is 0 Å². The topological polar surface area (TPSA) is 33.2 Å². The summed E-state index contributed by atoms with van der Waals surface area (Å²) in [6.45, 7) is 4.28.